The van der Waals surface area contributed by atoms with Gasteiger partial charge in [0.25, 0.3) is 0 Å². The first-order chi connectivity index (χ1) is 29.0. The lowest BCUT2D eigenvalue weighted by Gasteiger charge is -2.26. The predicted molar refractivity (Wildman–Crippen MR) is 259 cm³/mol. The third-order valence-electron chi connectivity index (χ3n) is 12.0. The first-order valence-electron chi connectivity index (χ1n) is 26.1. The number of rotatable bonds is 48. The molecule has 0 radical (unpaired) electrons. The lowest BCUT2D eigenvalue weighted by atomic mass is 10.0. The summed E-state index contributed by atoms with van der Waals surface area (Å²) in [6, 6.07) is -0.755. The average molecular weight is 872 g/mol. The molecule has 0 aliphatic rings. The number of quaternary nitrogens is 1. The van der Waals surface area contributed by atoms with Crippen LogP contribution in [0.3, 0.4) is 0 Å². The number of hydrogen-bond acceptors (Lipinski definition) is 5. The number of allylic oxidation sites excluding steroid dienone is 2. The molecular weight excluding hydrogens is 768 g/mol. The highest BCUT2D eigenvalue weighted by molar-refractivity contribution is 7.47. The second-order valence-electron chi connectivity index (χ2n) is 19.3. The molecular formula is C51H104N2O6P+. The monoisotopic (exact) mass is 872 g/mol. The lowest BCUT2D eigenvalue weighted by molar-refractivity contribution is -0.870. The summed E-state index contributed by atoms with van der Waals surface area (Å²) in [5.74, 6) is -0.143. The highest BCUT2D eigenvalue weighted by atomic mass is 31.2. The first-order valence-corrected chi connectivity index (χ1v) is 27.5. The molecule has 0 aromatic carbocycles. The molecule has 0 rings (SSSR count). The third kappa shape index (κ3) is 45.3. The van der Waals surface area contributed by atoms with E-state index in [2.05, 4.69) is 31.3 Å². The number of aliphatic hydroxyl groups excluding tert-OH is 1. The number of carbonyl (C=O) groups excluding carboxylic acids is 1. The van der Waals surface area contributed by atoms with Crippen LogP contribution < -0.4 is 5.32 Å². The number of likely N-dealkylation sites (N-methyl/N-ethyl adjacent to an activating group) is 1. The Labute approximate surface area is 373 Å². The fraction of sp³-hybridized carbons (Fsp3) is 0.941. The maximum absolute atomic E-state index is 12.9. The van der Waals surface area contributed by atoms with E-state index in [1.807, 2.05) is 21.1 Å². The van der Waals surface area contributed by atoms with Gasteiger partial charge < -0.3 is 19.8 Å². The largest absolute Gasteiger partial charge is 0.472 e. The number of amides is 1. The van der Waals surface area contributed by atoms with Gasteiger partial charge in [0, 0.05) is 6.42 Å². The van der Waals surface area contributed by atoms with E-state index in [4.69, 9.17) is 9.05 Å². The predicted octanol–water partition coefficient (Wildman–Crippen LogP) is 15.1. The molecule has 0 fully saturated rings. The minimum atomic E-state index is -4.31. The van der Waals surface area contributed by atoms with Crippen LogP contribution >= 0.6 is 7.82 Å². The van der Waals surface area contributed by atoms with Crippen LogP contribution in [0.25, 0.3) is 0 Å². The SMILES string of the molecule is CCCCCCCCCCCCCC/C=C\CCCCCCCCCCCCCCC(=O)NC(COP(=O)(O)OCC[N+](C)(C)C)C(O)CCCCCCCCCCCC. The fourth-order valence-corrected chi connectivity index (χ4v) is 8.60. The van der Waals surface area contributed by atoms with E-state index >= 15 is 0 Å². The molecule has 0 saturated carbocycles. The van der Waals surface area contributed by atoms with Gasteiger partial charge in [0.2, 0.25) is 5.91 Å². The van der Waals surface area contributed by atoms with E-state index in [1.165, 1.54) is 193 Å². The van der Waals surface area contributed by atoms with E-state index in [0.29, 0.717) is 23.9 Å². The molecule has 0 aromatic rings. The van der Waals surface area contributed by atoms with Crippen molar-refractivity contribution in [2.45, 2.75) is 270 Å². The number of unbranched alkanes of at least 4 members (excludes halogenated alkanes) is 33. The number of carbonyl (C=O) groups is 1. The lowest BCUT2D eigenvalue weighted by Crippen LogP contribution is -2.46. The van der Waals surface area contributed by atoms with Gasteiger partial charge in [-0.3, -0.25) is 13.8 Å². The third-order valence-corrected chi connectivity index (χ3v) is 13.0. The van der Waals surface area contributed by atoms with Gasteiger partial charge in [-0.1, -0.05) is 225 Å². The zero-order chi connectivity index (χ0) is 44.3. The Hall–Kier alpha value is -0.760. The Bertz CT molecular complexity index is 989. The van der Waals surface area contributed by atoms with Crippen LogP contribution in [0.1, 0.15) is 258 Å². The molecule has 3 unspecified atom stereocenters. The Morgan fingerprint density at radius 1 is 0.550 bits per heavy atom. The average Bonchev–Trinajstić information content (AvgIpc) is 3.20. The van der Waals surface area contributed by atoms with E-state index in [-0.39, 0.29) is 19.1 Å². The van der Waals surface area contributed by atoms with Crippen molar-refractivity contribution in [2.75, 3.05) is 40.9 Å². The second kappa shape index (κ2) is 43.5. The number of phosphoric ester groups is 1. The van der Waals surface area contributed by atoms with Gasteiger partial charge in [0.05, 0.1) is 39.9 Å². The highest BCUT2D eigenvalue weighted by Gasteiger charge is 2.28. The molecule has 3 N–H and O–H groups in total. The summed E-state index contributed by atoms with van der Waals surface area (Å²) in [5.41, 5.74) is 0. The van der Waals surface area contributed by atoms with Crippen molar-refractivity contribution in [2.24, 2.45) is 0 Å². The summed E-state index contributed by atoms with van der Waals surface area (Å²) in [6.45, 7) is 4.89. The number of hydrogen-bond donors (Lipinski definition) is 3. The minimum Gasteiger partial charge on any atom is -0.391 e. The maximum atomic E-state index is 12.9. The van der Waals surface area contributed by atoms with Gasteiger partial charge in [-0.25, -0.2) is 4.57 Å². The molecule has 0 aliphatic carbocycles. The van der Waals surface area contributed by atoms with Crippen molar-refractivity contribution >= 4 is 13.7 Å². The summed E-state index contributed by atoms with van der Waals surface area (Å²) >= 11 is 0. The minimum absolute atomic E-state index is 0.0767. The smallest absolute Gasteiger partial charge is 0.391 e. The Morgan fingerprint density at radius 3 is 1.28 bits per heavy atom. The molecule has 60 heavy (non-hydrogen) atoms. The normalized spacial score (nSPS) is 14.2. The van der Waals surface area contributed by atoms with Crippen molar-refractivity contribution in [1.82, 2.24) is 5.32 Å². The summed E-state index contributed by atoms with van der Waals surface area (Å²) in [6.07, 6.45) is 51.3. The van der Waals surface area contributed by atoms with Crippen LogP contribution in [-0.4, -0.2) is 73.4 Å². The summed E-state index contributed by atoms with van der Waals surface area (Å²) in [4.78, 5) is 23.2. The highest BCUT2D eigenvalue weighted by Crippen LogP contribution is 2.43. The van der Waals surface area contributed by atoms with Crippen molar-refractivity contribution in [1.29, 1.82) is 0 Å². The van der Waals surface area contributed by atoms with Crippen molar-refractivity contribution in [3.8, 4) is 0 Å². The molecule has 0 aliphatic heterocycles. The van der Waals surface area contributed by atoms with Crippen molar-refractivity contribution in [3.63, 3.8) is 0 Å². The van der Waals surface area contributed by atoms with E-state index in [9.17, 15) is 19.4 Å². The van der Waals surface area contributed by atoms with Gasteiger partial charge in [0.1, 0.15) is 13.2 Å². The summed E-state index contributed by atoms with van der Waals surface area (Å²) < 4.78 is 23.6. The van der Waals surface area contributed by atoms with Crippen LogP contribution in [0, 0.1) is 0 Å². The Balaban J connectivity index is 4.02. The van der Waals surface area contributed by atoms with Gasteiger partial charge in [-0.05, 0) is 38.5 Å². The zero-order valence-corrected chi connectivity index (χ0v) is 41.6. The van der Waals surface area contributed by atoms with Gasteiger partial charge in [0.15, 0.2) is 0 Å². The molecule has 0 bridgehead atoms. The summed E-state index contributed by atoms with van der Waals surface area (Å²) in [7, 11) is 1.62. The number of nitrogens with one attached hydrogen (secondary N) is 1. The molecule has 3 atom stereocenters. The standard InChI is InChI=1S/C51H103N2O6P/c1-6-8-10-12-14-16-18-19-20-21-22-23-24-25-26-27-28-29-30-31-32-33-34-35-37-39-41-43-45-51(55)52-49(48-59-60(56,57)58-47-46-53(3,4)5)50(54)44-42-40-38-36-17-15-13-11-9-7-2/h25-26,49-50,54H,6-24,27-48H2,1-5H3,(H-,52,55,56,57)/p+1/b26-25-. The maximum Gasteiger partial charge on any atom is 0.472 e. The van der Waals surface area contributed by atoms with E-state index in [0.717, 1.165) is 38.5 Å². The van der Waals surface area contributed by atoms with Crippen LogP contribution in [0.2, 0.25) is 0 Å². The number of nitrogens with zero attached hydrogens (tertiary/aromatic N) is 1. The molecule has 0 aromatic heterocycles. The van der Waals surface area contributed by atoms with Crippen LogP contribution in [0.4, 0.5) is 0 Å². The molecule has 0 saturated heterocycles. The molecule has 0 heterocycles. The fourth-order valence-electron chi connectivity index (χ4n) is 7.87. The van der Waals surface area contributed by atoms with Crippen LogP contribution in [0.5, 0.6) is 0 Å². The van der Waals surface area contributed by atoms with Gasteiger partial charge in [-0.2, -0.15) is 0 Å². The number of aliphatic hydroxyl groups is 1. The van der Waals surface area contributed by atoms with Crippen LogP contribution in [-0.2, 0) is 18.4 Å². The topological polar surface area (TPSA) is 105 Å². The molecule has 358 valence electrons. The van der Waals surface area contributed by atoms with Gasteiger partial charge in [-0.15, -0.1) is 0 Å². The summed E-state index contributed by atoms with van der Waals surface area (Å²) in [5, 5.41) is 13.9. The molecule has 9 heteroatoms. The Morgan fingerprint density at radius 2 is 0.900 bits per heavy atom. The van der Waals surface area contributed by atoms with Gasteiger partial charge >= 0.3 is 7.82 Å². The Kier molecular flexibility index (Phi) is 42.9. The molecule has 0 spiro atoms. The zero-order valence-electron chi connectivity index (χ0n) is 40.7. The first kappa shape index (κ1) is 59.2. The second-order valence-corrected chi connectivity index (χ2v) is 20.7. The number of phosphoric acid groups is 1. The van der Waals surface area contributed by atoms with Crippen molar-refractivity contribution in [3.05, 3.63) is 12.2 Å². The molecule has 1 amide bonds. The van der Waals surface area contributed by atoms with Crippen LogP contribution in [0.15, 0.2) is 12.2 Å². The quantitative estimate of drug-likeness (QED) is 0.0243. The van der Waals surface area contributed by atoms with Crippen molar-refractivity contribution < 1.29 is 32.9 Å². The molecule has 8 nitrogen and oxygen atoms in total. The van der Waals surface area contributed by atoms with E-state index in [1.54, 1.807) is 0 Å². The van der Waals surface area contributed by atoms with E-state index < -0.39 is 20.0 Å².